The lowest BCUT2D eigenvalue weighted by molar-refractivity contribution is 0.593. The molecule has 1 aromatic heterocycles. The lowest BCUT2D eigenvalue weighted by Gasteiger charge is -2.08. The Hall–Kier alpha value is -1.14. The van der Waals surface area contributed by atoms with Gasteiger partial charge in [-0.25, -0.2) is 13.4 Å². The van der Waals surface area contributed by atoms with E-state index in [1.165, 1.54) is 12.8 Å². The second-order valence-electron chi connectivity index (χ2n) is 4.67. The number of hydrogen-bond acceptors (Lipinski definition) is 4. The molecular weight excluding hydrogens is 250 g/mol. The molecule has 0 amide bonds. The molecule has 18 heavy (non-hydrogen) atoms. The largest absolute Gasteiger partial charge is 0.314 e. The van der Waals surface area contributed by atoms with Gasteiger partial charge in [0.15, 0.2) is 0 Å². The fourth-order valence-corrected chi connectivity index (χ4v) is 2.72. The Balaban J connectivity index is 1.78. The Bertz CT molecular complexity index is 498. The highest BCUT2D eigenvalue weighted by atomic mass is 32.2. The SMILES string of the molecule is Cc1cccc(NS(=O)(=O)CCCNC2CC2)n1. The van der Waals surface area contributed by atoms with Crippen LogP contribution in [0.2, 0.25) is 0 Å². The first kappa shape index (κ1) is 13.3. The van der Waals surface area contributed by atoms with Crippen LogP contribution in [0.15, 0.2) is 18.2 Å². The van der Waals surface area contributed by atoms with Gasteiger partial charge in [0.1, 0.15) is 5.82 Å². The van der Waals surface area contributed by atoms with Crippen molar-refractivity contribution in [3.63, 3.8) is 0 Å². The van der Waals surface area contributed by atoms with E-state index in [1.807, 2.05) is 13.0 Å². The molecule has 2 N–H and O–H groups in total. The summed E-state index contributed by atoms with van der Waals surface area (Å²) in [6.45, 7) is 2.59. The maximum Gasteiger partial charge on any atom is 0.233 e. The molecule has 1 aliphatic rings. The van der Waals surface area contributed by atoms with Gasteiger partial charge >= 0.3 is 0 Å². The summed E-state index contributed by atoms with van der Waals surface area (Å²) in [6, 6.07) is 5.90. The third-order valence-electron chi connectivity index (χ3n) is 2.75. The lowest BCUT2D eigenvalue weighted by atomic mass is 10.4. The highest BCUT2D eigenvalue weighted by Crippen LogP contribution is 2.18. The molecule has 2 rings (SSSR count). The molecule has 0 radical (unpaired) electrons. The summed E-state index contributed by atoms with van der Waals surface area (Å²) in [7, 11) is -3.28. The van der Waals surface area contributed by atoms with Crippen LogP contribution in [0, 0.1) is 6.92 Å². The number of hydrogen-bond donors (Lipinski definition) is 2. The van der Waals surface area contributed by atoms with Gasteiger partial charge in [-0.3, -0.25) is 4.72 Å². The smallest absolute Gasteiger partial charge is 0.233 e. The minimum Gasteiger partial charge on any atom is -0.314 e. The third-order valence-corrected chi connectivity index (χ3v) is 4.09. The number of nitrogens with one attached hydrogen (secondary N) is 2. The molecule has 100 valence electrons. The number of rotatable bonds is 7. The van der Waals surface area contributed by atoms with Gasteiger partial charge in [0.2, 0.25) is 10.0 Å². The molecule has 1 heterocycles. The Labute approximate surface area is 108 Å². The summed E-state index contributed by atoms with van der Waals surface area (Å²) in [5.74, 6) is 0.521. The lowest BCUT2D eigenvalue weighted by Crippen LogP contribution is -2.23. The quantitative estimate of drug-likeness (QED) is 0.731. The first-order chi connectivity index (χ1) is 8.55. The number of anilines is 1. The van der Waals surface area contributed by atoms with Gasteiger partial charge in [-0.1, -0.05) is 6.07 Å². The summed E-state index contributed by atoms with van der Waals surface area (Å²) in [4.78, 5) is 4.12. The van der Waals surface area contributed by atoms with Crippen molar-refractivity contribution in [2.45, 2.75) is 32.2 Å². The van der Waals surface area contributed by atoms with Crippen molar-refractivity contribution in [3.05, 3.63) is 23.9 Å². The number of aryl methyl sites for hydroxylation is 1. The summed E-state index contributed by atoms with van der Waals surface area (Å²) < 4.78 is 26.1. The molecule has 0 saturated heterocycles. The first-order valence-corrected chi connectivity index (χ1v) is 7.88. The van der Waals surface area contributed by atoms with Crippen molar-refractivity contribution in [2.75, 3.05) is 17.0 Å². The summed E-state index contributed by atoms with van der Waals surface area (Å²) in [6.07, 6.45) is 3.06. The zero-order chi connectivity index (χ0) is 13.0. The van der Waals surface area contributed by atoms with Crippen LogP contribution in [0.3, 0.4) is 0 Å². The van der Waals surface area contributed by atoms with Crippen molar-refractivity contribution in [3.8, 4) is 0 Å². The monoisotopic (exact) mass is 269 g/mol. The summed E-state index contributed by atoms with van der Waals surface area (Å²) in [5, 5.41) is 3.29. The maximum atomic E-state index is 11.8. The van der Waals surface area contributed by atoms with Crippen molar-refractivity contribution in [2.24, 2.45) is 0 Å². The van der Waals surface area contributed by atoms with Crippen LogP contribution >= 0.6 is 0 Å². The van der Waals surface area contributed by atoms with Crippen LogP contribution in [0.25, 0.3) is 0 Å². The molecule has 5 nitrogen and oxygen atoms in total. The molecule has 1 fully saturated rings. The zero-order valence-electron chi connectivity index (χ0n) is 10.5. The molecule has 0 aromatic carbocycles. The summed E-state index contributed by atoms with van der Waals surface area (Å²) in [5.41, 5.74) is 0.797. The van der Waals surface area contributed by atoms with Crippen molar-refractivity contribution in [1.82, 2.24) is 10.3 Å². The molecule has 1 aromatic rings. The average Bonchev–Trinajstić information content (AvgIpc) is 3.07. The Morgan fingerprint density at radius 1 is 1.39 bits per heavy atom. The number of sulfonamides is 1. The van der Waals surface area contributed by atoms with Crippen LogP contribution in [0.5, 0.6) is 0 Å². The Morgan fingerprint density at radius 2 is 2.17 bits per heavy atom. The fraction of sp³-hybridized carbons (Fsp3) is 0.583. The molecule has 0 unspecified atom stereocenters. The number of nitrogens with zero attached hydrogens (tertiary/aromatic N) is 1. The average molecular weight is 269 g/mol. The maximum absolute atomic E-state index is 11.8. The van der Waals surface area contributed by atoms with Gasteiger partial charge in [-0.2, -0.15) is 0 Å². The van der Waals surface area contributed by atoms with Gasteiger partial charge in [0.05, 0.1) is 5.75 Å². The normalized spacial score (nSPS) is 15.6. The third kappa shape index (κ3) is 4.62. The van der Waals surface area contributed by atoms with Crippen molar-refractivity contribution < 1.29 is 8.42 Å². The molecule has 0 spiro atoms. The molecule has 0 bridgehead atoms. The van der Waals surface area contributed by atoms with Gasteiger partial charge in [-0.15, -0.1) is 0 Å². The van der Waals surface area contributed by atoms with Gasteiger partial charge in [0, 0.05) is 11.7 Å². The van der Waals surface area contributed by atoms with E-state index in [1.54, 1.807) is 12.1 Å². The van der Waals surface area contributed by atoms with E-state index in [4.69, 9.17) is 0 Å². The number of pyridine rings is 1. The molecular formula is C12H19N3O2S. The Kier molecular flexibility index (Phi) is 4.19. The van der Waals surface area contributed by atoms with Gasteiger partial charge < -0.3 is 5.32 Å². The Morgan fingerprint density at radius 3 is 2.83 bits per heavy atom. The van der Waals surface area contributed by atoms with E-state index in [0.29, 0.717) is 18.3 Å². The minimum absolute atomic E-state index is 0.127. The standard InChI is InChI=1S/C12H19N3O2S/c1-10-4-2-5-12(14-10)15-18(16,17)9-3-8-13-11-6-7-11/h2,4-5,11,13H,3,6-9H2,1H3,(H,14,15). The van der Waals surface area contributed by atoms with E-state index in [0.717, 1.165) is 12.2 Å². The summed E-state index contributed by atoms with van der Waals surface area (Å²) >= 11 is 0. The molecule has 0 atom stereocenters. The van der Waals surface area contributed by atoms with Crippen LogP contribution in [-0.2, 0) is 10.0 Å². The van der Waals surface area contributed by atoms with E-state index in [-0.39, 0.29) is 5.75 Å². The second kappa shape index (κ2) is 5.67. The highest BCUT2D eigenvalue weighted by Gasteiger charge is 2.20. The molecule has 1 aliphatic carbocycles. The highest BCUT2D eigenvalue weighted by molar-refractivity contribution is 7.92. The van der Waals surface area contributed by atoms with E-state index in [2.05, 4.69) is 15.0 Å². The number of aromatic nitrogens is 1. The minimum atomic E-state index is -3.28. The van der Waals surface area contributed by atoms with Crippen molar-refractivity contribution >= 4 is 15.8 Å². The van der Waals surface area contributed by atoms with Crippen LogP contribution in [0.1, 0.15) is 25.0 Å². The van der Waals surface area contributed by atoms with Crippen LogP contribution < -0.4 is 10.0 Å². The van der Waals surface area contributed by atoms with E-state index in [9.17, 15) is 8.42 Å². The molecule has 6 heteroatoms. The van der Waals surface area contributed by atoms with Gasteiger partial charge in [-0.05, 0) is 44.9 Å². The molecule has 1 saturated carbocycles. The topological polar surface area (TPSA) is 71.1 Å². The van der Waals surface area contributed by atoms with Gasteiger partial charge in [0.25, 0.3) is 0 Å². The molecule has 0 aliphatic heterocycles. The fourth-order valence-electron chi connectivity index (χ4n) is 1.67. The van der Waals surface area contributed by atoms with Crippen LogP contribution in [-0.4, -0.2) is 31.7 Å². The van der Waals surface area contributed by atoms with E-state index >= 15 is 0 Å². The first-order valence-electron chi connectivity index (χ1n) is 6.23. The predicted molar refractivity (Wildman–Crippen MR) is 72.0 cm³/mol. The van der Waals surface area contributed by atoms with E-state index < -0.39 is 10.0 Å². The second-order valence-corrected chi connectivity index (χ2v) is 6.51. The zero-order valence-corrected chi connectivity index (χ0v) is 11.3. The van der Waals surface area contributed by atoms with Crippen LogP contribution in [0.4, 0.5) is 5.82 Å². The van der Waals surface area contributed by atoms with Crippen molar-refractivity contribution in [1.29, 1.82) is 0 Å². The predicted octanol–water partition coefficient (Wildman–Crippen LogP) is 1.27.